The van der Waals surface area contributed by atoms with Gasteiger partial charge in [-0.05, 0) is 94.9 Å². The fourth-order valence-corrected chi connectivity index (χ4v) is 5.89. The molecule has 4 heteroatoms. The van der Waals surface area contributed by atoms with E-state index >= 15 is 0 Å². The van der Waals surface area contributed by atoms with Crippen LogP contribution < -0.4 is 21.3 Å². The van der Waals surface area contributed by atoms with Crippen LogP contribution in [-0.2, 0) is 0 Å². The highest BCUT2D eigenvalue weighted by atomic mass is 15.1. The second-order valence-corrected chi connectivity index (χ2v) is 12.4. The summed E-state index contributed by atoms with van der Waals surface area (Å²) in [6.45, 7) is 24.3. The maximum absolute atomic E-state index is 3.97. The van der Waals surface area contributed by atoms with Gasteiger partial charge in [-0.15, -0.1) is 0 Å². The van der Waals surface area contributed by atoms with Crippen molar-refractivity contribution in [1.82, 2.24) is 21.3 Å². The molecule has 0 spiro atoms. The van der Waals surface area contributed by atoms with E-state index in [1.165, 1.54) is 25.7 Å². The summed E-state index contributed by atoms with van der Waals surface area (Å²) in [5.74, 6) is 0. The number of hydrogen-bond acceptors (Lipinski definition) is 4. The Morgan fingerprint density at radius 2 is 1.04 bits per heavy atom. The molecule has 2 aliphatic rings. The van der Waals surface area contributed by atoms with Crippen LogP contribution in [0.5, 0.6) is 0 Å². The summed E-state index contributed by atoms with van der Waals surface area (Å²) < 4.78 is 0. The van der Waals surface area contributed by atoms with Gasteiger partial charge >= 0.3 is 0 Å². The van der Waals surface area contributed by atoms with E-state index < -0.39 is 0 Å². The maximum atomic E-state index is 3.97. The molecule has 2 saturated heterocycles. The molecule has 0 unspecified atom stereocenters. The zero-order chi connectivity index (χ0) is 20.0. The van der Waals surface area contributed by atoms with Crippen molar-refractivity contribution in [2.75, 3.05) is 6.54 Å². The smallest absolute Gasteiger partial charge is 0.0252 e. The van der Waals surface area contributed by atoms with E-state index in [1.807, 2.05) is 0 Å². The van der Waals surface area contributed by atoms with Gasteiger partial charge < -0.3 is 21.3 Å². The number of rotatable bonds is 5. The standard InChI is InChI=1S/C22H46N4/c1-18(2)11-16(12-19(3,4)25-18)23-15-22(9,10)24-17-13-20(5,6)26-21(7,8)14-17/h16-17,23-26H,11-15H2,1-10H3. The van der Waals surface area contributed by atoms with Crippen molar-refractivity contribution in [3.05, 3.63) is 0 Å². The van der Waals surface area contributed by atoms with E-state index in [4.69, 9.17) is 0 Å². The van der Waals surface area contributed by atoms with Crippen molar-refractivity contribution < 1.29 is 0 Å². The Bertz CT molecular complexity index is 458. The molecule has 0 aromatic rings. The molecule has 4 nitrogen and oxygen atoms in total. The molecule has 0 saturated carbocycles. The van der Waals surface area contributed by atoms with Crippen LogP contribution in [0.4, 0.5) is 0 Å². The van der Waals surface area contributed by atoms with Gasteiger partial charge in [0.2, 0.25) is 0 Å². The largest absolute Gasteiger partial charge is 0.312 e. The molecule has 0 bridgehead atoms. The molecule has 154 valence electrons. The fraction of sp³-hybridized carbons (Fsp3) is 1.00. The molecule has 2 fully saturated rings. The van der Waals surface area contributed by atoms with Gasteiger partial charge in [-0.3, -0.25) is 0 Å². The van der Waals surface area contributed by atoms with Crippen LogP contribution in [0.1, 0.15) is 94.9 Å². The SMILES string of the molecule is CC(C)(CNC1CC(C)(C)NC(C)(C)C1)NC1CC(C)(C)NC(C)(C)C1. The number of hydrogen-bond donors (Lipinski definition) is 4. The summed E-state index contributed by atoms with van der Waals surface area (Å²) in [4.78, 5) is 0. The molecule has 0 atom stereocenters. The highest BCUT2D eigenvalue weighted by Crippen LogP contribution is 2.30. The first-order valence-corrected chi connectivity index (χ1v) is 10.6. The van der Waals surface area contributed by atoms with Gasteiger partial charge in [0, 0.05) is 46.3 Å². The van der Waals surface area contributed by atoms with Crippen LogP contribution >= 0.6 is 0 Å². The molecule has 2 aliphatic heterocycles. The first-order valence-electron chi connectivity index (χ1n) is 10.6. The molecule has 26 heavy (non-hydrogen) atoms. The Labute approximate surface area is 163 Å². The predicted octanol–water partition coefficient (Wildman–Crippen LogP) is 3.56. The van der Waals surface area contributed by atoms with Crippen molar-refractivity contribution in [3.63, 3.8) is 0 Å². The normalized spacial score (nSPS) is 28.8. The monoisotopic (exact) mass is 366 g/mol. The first kappa shape index (κ1) is 22.1. The molecule has 2 heterocycles. The van der Waals surface area contributed by atoms with Gasteiger partial charge in [-0.25, -0.2) is 0 Å². The van der Waals surface area contributed by atoms with Gasteiger partial charge in [0.05, 0.1) is 0 Å². The summed E-state index contributed by atoms with van der Waals surface area (Å²) in [5.41, 5.74) is 0.853. The third-order valence-corrected chi connectivity index (χ3v) is 5.81. The first-order chi connectivity index (χ1) is 11.5. The zero-order valence-corrected chi connectivity index (χ0v) is 19.2. The minimum Gasteiger partial charge on any atom is -0.312 e. The van der Waals surface area contributed by atoms with E-state index in [1.54, 1.807) is 0 Å². The lowest BCUT2D eigenvalue weighted by Gasteiger charge is -2.49. The van der Waals surface area contributed by atoms with Gasteiger partial charge in [-0.2, -0.15) is 0 Å². The quantitative estimate of drug-likeness (QED) is 0.601. The van der Waals surface area contributed by atoms with E-state index in [0.29, 0.717) is 12.1 Å². The molecule has 2 rings (SSSR count). The number of nitrogens with one attached hydrogen (secondary N) is 4. The van der Waals surface area contributed by atoms with Gasteiger partial charge in [-0.1, -0.05) is 0 Å². The zero-order valence-electron chi connectivity index (χ0n) is 19.2. The molecule has 0 amide bonds. The Balaban J connectivity index is 1.92. The molecule has 4 N–H and O–H groups in total. The minimum atomic E-state index is 0.0906. The minimum absolute atomic E-state index is 0.0906. The Morgan fingerprint density at radius 3 is 1.42 bits per heavy atom. The second kappa shape index (κ2) is 7.02. The summed E-state index contributed by atoms with van der Waals surface area (Å²) in [6.07, 6.45) is 4.71. The van der Waals surface area contributed by atoms with E-state index in [0.717, 1.165) is 6.54 Å². The molecule has 0 radical (unpaired) electrons. The van der Waals surface area contributed by atoms with Crippen LogP contribution in [0.2, 0.25) is 0 Å². The lowest BCUT2D eigenvalue weighted by molar-refractivity contribution is 0.118. The third-order valence-electron chi connectivity index (χ3n) is 5.81. The molecule has 0 aromatic carbocycles. The Hall–Kier alpha value is -0.160. The summed E-state index contributed by atoms with van der Waals surface area (Å²) in [5, 5.41) is 15.4. The number of piperidine rings is 2. The average molecular weight is 367 g/mol. The maximum Gasteiger partial charge on any atom is 0.0252 e. The topological polar surface area (TPSA) is 48.1 Å². The van der Waals surface area contributed by atoms with Gasteiger partial charge in [0.15, 0.2) is 0 Å². The summed E-state index contributed by atoms with van der Waals surface area (Å²) >= 11 is 0. The van der Waals surface area contributed by atoms with Crippen LogP contribution in [0.25, 0.3) is 0 Å². The highest BCUT2D eigenvalue weighted by Gasteiger charge is 2.40. The Kier molecular flexibility index (Phi) is 5.98. The van der Waals surface area contributed by atoms with Crippen molar-refractivity contribution in [3.8, 4) is 0 Å². The predicted molar refractivity (Wildman–Crippen MR) is 114 cm³/mol. The lowest BCUT2D eigenvalue weighted by Crippen LogP contribution is -2.66. The fourth-order valence-electron chi connectivity index (χ4n) is 5.89. The average Bonchev–Trinajstić information content (AvgIpc) is 2.27. The summed E-state index contributed by atoms with van der Waals surface area (Å²) in [6, 6.07) is 1.13. The molecule has 0 aliphatic carbocycles. The van der Waals surface area contributed by atoms with Crippen LogP contribution in [-0.4, -0.2) is 46.3 Å². The second-order valence-electron chi connectivity index (χ2n) is 12.4. The van der Waals surface area contributed by atoms with Crippen LogP contribution in [0, 0.1) is 0 Å². The molecular formula is C22H46N4. The Morgan fingerprint density at radius 1 is 0.692 bits per heavy atom. The third kappa shape index (κ3) is 6.78. The van der Waals surface area contributed by atoms with Crippen molar-refractivity contribution in [1.29, 1.82) is 0 Å². The van der Waals surface area contributed by atoms with Crippen molar-refractivity contribution in [2.45, 2.75) is 135 Å². The van der Waals surface area contributed by atoms with E-state index in [-0.39, 0.29) is 27.7 Å². The van der Waals surface area contributed by atoms with Crippen molar-refractivity contribution >= 4 is 0 Å². The van der Waals surface area contributed by atoms with Gasteiger partial charge in [0.1, 0.15) is 0 Å². The summed E-state index contributed by atoms with van der Waals surface area (Å²) in [7, 11) is 0. The highest BCUT2D eigenvalue weighted by molar-refractivity contribution is 5.03. The lowest BCUT2D eigenvalue weighted by atomic mass is 9.78. The van der Waals surface area contributed by atoms with E-state index in [9.17, 15) is 0 Å². The van der Waals surface area contributed by atoms with Crippen LogP contribution in [0.15, 0.2) is 0 Å². The van der Waals surface area contributed by atoms with Crippen molar-refractivity contribution in [2.24, 2.45) is 0 Å². The van der Waals surface area contributed by atoms with E-state index in [2.05, 4.69) is 90.5 Å². The van der Waals surface area contributed by atoms with Gasteiger partial charge in [0.25, 0.3) is 0 Å². The molecular weight excluding hydrogens is 320 g/mol. The van der Waals surface area contributed by atoms with Crippen LogP contribution in [0.3, 0.4) is 0 Å². The molecule has 0 aromatic heterocycles.